The lowest BCUT2D eigenvalue weighted by atomic mass is 9.81. The first-order valence-electron chi connectivity index (χ1n) is 9.08. The first-order chi connectivity index (χ1) is 14.3. The van der Waals surface area contributed by atoms with E-state index in [-0.39, 0.29) is 11.4 Å². The average molecular weight is 433 g/mol. The SMILES string of the molecule is O=C(Nc1ccc(Cl)cc1)O/N=C1\CCCCC1c1ccc([N+](=O)[O-])cc1[N+](=O)[O-]. The summed E-state index contributed by atoms with van der Waals surface area (Å²) >= 11 is 5.80. The van der Waals surface area contributed by atoms with E-state index in [1.165, 1.54) is 12.1 Å². The zero-order valence-corrected chi connectivity index (χ0v) is 16.4. The number of carbonyl (C=O) groups excluding carboxylic acids is 1. The van der Waals surface area contributed by atoms with Gasteiger partial charge in [-0.15, -0.1) is 0 Å². The van der Waals surface area contributed by atoms with E-state index in [0.717, 1.165) is 18.9 Å². The van der Waals surface area contributed by atoms with Crippen LogP contribution >= 0.6 is 11.6 Å². The average Bonchev–Trinajstić information content (AvgIpc) is 2.73. The van der Waals surface area contributed by atoms with Crippen LogP contribution in [0.3, 0.4) is 0 Å². The highest BCUT2D eigenvalue weighted by Crippen LogP contribution is 2.37. The number of benzene rings is 2. The number of nitrogens with zero attached hydrogens (tertiary/aromatic N) is 3. The molecule has 1 fully saturated rings. The zero-order valence-electron chi connectivity index (χ0n) is 15.6. The van der Waals surface area contributed by atoms with Crippen LogP contribution in [0.25, 0.3) is 0 Å². The quantitative estimate of drug-likeness (QED) is 0.380. The van der Waals surface area contributed by atoms with Gasteiger partial charge in [0.1, 0.15) is 0 Å². The maximum atomic E-state index is 12.0. The van der Waals surface area contributed by atoms with Gasteiger partial charge in [0.05, 0.1) is 21.6 Å². The van der Waals surface area contributed by atoms with Crippen molar-refractivity contribution in [3.8, 4) is 0 Å². The van der Waals surface area contributed by atoms with Crippen LogP contribution in [0, 0.1) is 20.2 Å². The van der Waals surface area contributed by atoms with E-state index in [4.69, 9.17) is 16.4 Å². The van der Waals surface area contributed by atoms with Gasteiger partial charge in [-0.05, 0) is 49.6 Å². The van der Waals surface area contributed by atoms with Crippen LogP contribution in [0.4, 0.5) is 21.9 Å². The van der Waals surface area contributed by atoms with Gasteiger partial charge in [-0.3, -0.25) is 30.4 Å². The first-order valence-corrected chi connectivity index (χ1v) is 9.46. The fraction of sp³-hybridized carbons (Fsp3) is 0.263. The van der Waals surface area contributed by atoms with E-state index in [2.05, 4.69) is 10.5 Å². The van der Waals surface area contributed by atoms with Crippen LogP contribution in [0.5, 0.6) is 0 Å². The second-order valence-corrected chi connectivity index (χ2v) is 7.09. The van der Waals surface area contributed by atoms with Crippen molar-refractivity contribution in [3.05, 3.63) is 73.3 Å². The third-order valence-electron chi connectivity index (χ3n) is 4.71. The third kappa shape index (κ3) is 5.09. The summed E-state index contributed by atoms with van der Waals surface area (Å²) in [5.41, 5.74) is 0.541. The fourth-order valence-electron chi connectivity index (χ4n) is 3.31. The standard InChI is InChI=1S/C19H17ClN4O6/c20-12-5-7-13(8-6-12)21-19(25)30-22-17-4-2-1-3-15(17)16-10-9-14(23(26)27)11-18(16)24(28)29/h5-11,15H,1-4H2,(H,21,25)/b22-17+. The number of non-ortho nitro benzene ring substituents is 1. The number of nitro groups is 2. The van der Waals surface area contributed by atoms with Crippen molar-refractivity contribution in [2.45, 2.75) is 31.6 Å². The zero-order chi connectivity index (χ0) is 21.7. The third-order valence-corrected chi connectivity index (χ3v) is 4.96. The van der Waals surface area contributed by atoms with Gasteiger partial charge in [-0.1, -0.05) is 23.2 Å². The topological polar surface area (TPSA) is 137 Å². The lowest BCUT2D eigenvalue weighted by Gasteiger charge is -2.23. The molecule has 0 bridgehead atoms. The second-order valence-electron chi connectivity index (χ2n) is 6.65. The number of hydrogen-bond donors (Lipinski definition) is 1. The molecule has 1 aliphatic rings. The normalized spacial score (nSPS) is 17.4. The van der Waals surface area contributed by atoms with Gasteiger partial charge in [-0.25, -0.2) is 4.79 Å². The summed E-state index contributed by atoms with van der Waals surface area (Å²) in [5, 5.41) is 29.4. The number of carbonyl (C=O) groups is 1. The Labute approximate surface area is 175 Å². The predicted molar refractivity (Wildman–Crippen MR) is 110 cm³/mol. The summed E-state index contributed by atoms with van der Waals surface area (Å²) in [6.45, 7) is 0. The molecule has 1 saturated carbocycles. The van der Waals surface area contributed by atoms with E-state index < -0.39 is 21.9 Å². The molecular weight excluding hydrogens is 416 g/mol. The minimum absolute atomic E-state index is 0.311. The molecule has 156 valence electrons. The molecule has 0 spiro atoms. The van der Waals surface area contributed by atoms with Crippen molar-refractivity contribution in [1.29, 1.82) is 0 Å². The Morgan fingerprint density at radius 1 is 1.10 bits per heavy atom. The molecule has 10 nitrogen and oxygen atoms in total. The van der Waals surface area contributed by atoms with Crippen LogP contribution in [0.1, 0.15) is 37.2 Å². The van der Waals surface area contributed by atoms with Crippen LogP contribution in [0.2, 0.25) is 5.02 Å². The van der Waals surface area contributed by atoms with Crippen molar-refractivity contribution in [3.63, 3.8) is 0 Å². The molecule has 2 aromatic carbocycles. The fourth-order valence-corrected chi connectivity index (χ4v) is 3.44. The Bertz CT molecular complexity index is 1010. The number of anilines is 1. The summed E-state index contributed by atoms with van der Waals surface area (Å²) in [7, 11) is 0. The summed E-state index contributed by atoms with van der Waals surface area (Å²) in [5.74, 6) is -0.469. The largest absolute Gasteiger partial charge is 0.437 e. The van der Waals surface area contributed by atoms with Crippen LogP contribution in [0.15, 0.2) is 47.6 Å². The Kier molecular flexibility index (Phi) is 6.58. The van der Waals surface area contributed by atoms with Crippen molar-refractivity contribution < 1.29 is 19.5 Å². The highest BCUT2D eigenvalue weighted by atomic mass is 35.5. The van der Waals surface area contributed by atoms with E-state index in [1.54, 1.807) is 24.3 Å². The van der Waals surface area contributed by atoms with Gasteiger partial charge in [0.25, 0.3) is 11.4 Å². The minimum Gasteiger partial charge on any atom is -0.298 e. The number of halogens is 1. The molecular formula is C19H17ClN4O6. The molecule has 1 atom stereocenters. The molecule has 3 rings (SSSR count). The lowest BCUT2D eigenvalue weighted by Crippen LogP contribution is -2.20. The Hall–Kier alpha value is -3.53. The van der Waals surface area contributed by atoms with Gasteiger partial charge in [0.2, 0.25) is 0 Å². The predicted octanol–water partition coefficient (Wildman–Crippen LogP) is 5.42. The number of nitro benzene ring substituents is 2. The molecule has 1 N–H and O–H groups in total. The molecule has 11 heteroatoms. The summed E-state index contributed by atoms with van der Waals surface area (Å²) < 4.78 is 0. The van der Waals surface area contributed by atoms with E-state index in [0.29, 0.717) is 34.8 Å². The molecule has 1 aliphatic carbocycles. The van der Waals surface area contributed by atoms with Gasteiger partial charge < -0.3 is 0 Å². The van der Waals surface area contributed by atoms with Crippen molar-refractivity contribution in [2.75, 3.05) is 5.32 Å². The van der Waals surface area contributed by atoms with Crippen LogP contribution in [-0.2, 0) is 4.84 Å². The number of oxime groups is 1. The molecule has 1 unspecified atom stereocenters. The number of nitrogens with one attached hydrogen (secondary N) is 1. The molecule has 0 aromatic heterocycles. The van der Waals surface area contributed by atoms with Crippen molar-refractivity contribution >= 4 is 40.5 Å². The highest BCUT2D eigenvalue weighted by molar-refractivity contribution is 6.30. The van der Waals surface area contributed by atoms with Gasteiger partial charge >= 0.3 is 6.09 Å². The maximum Gasteiger partial charge on any atom is 0.437 e. The van der Waals surface area contributed by atoms with Gasteiger partial charge in [0, 0.05) is 28.3 Å². The molecule has 0 heterocycles. The Morgan fingerprint density at radius 3 is 2.50 bits per heavy atom. The number of amides is 1. The summed E-state index contributed by atoms with van der Waals surface area (Å²) in [6.07, 6.45) is 1.83. The monoisotopic (exact) mass is 432 g/mol. The summed E-state index contributed by atoms with van der Waals surface area (Å²) in [6, 6.07) is 9.94. The highest BCUT2D eigenvalue weighted by Gasteiger charge is 2.31. The Balaban J connectivity index is 1.80. The second kappa shape index (κ2) is 9.31. The molecule has 2 aromatic rings. The van der Waals surface area contributed by atoms with Crippen LogP contribution in [-0.4, -0.2) is 21.7 Å². The molecule has 0 saturated heterocycles. The van der Waals surface area contributed by atoms with Gasteiger partial charge in [0.15, 0.2) is 0 Å². The van der Waals surface area contributed by atoms with Crippen molar-refractivity contribution in [1.82, 2.24) is 0 Å². The minimum atomic E-state index is -0.813. The molecule has 30 heavy (non-hydrogen) atoms. The smallest absolute Gasteiger partial charge is 0.298 e. The lowest BCUT2D eigenvalue weighted by molar-refractivity contribution is -0.394. The molecule has 0 radical (unpaired) electrons. The summed E-state index contributed by atoms with van der Waals surface area (Å²) in [4.78, 5) is 38.1. The maximum absolute atomic E-state index is 12.0. The van der Waals surface area contributed by atoms with Crippen LogP contribution < -0.4 is 5.32 Å². The molecule has 1 amide bonds. The number of hydrogen-bond acceptors (Lipinski definition) is 7. The van der Waals surface area contributed by atoms with Gasteiger partial charge in [-0.2, -0.15) is 0 Å². The van der Waals surface area contributed by atoms with E-state index in [9.17, 15) is 25.0 Å². The molecule has 0 aliphatic heterocycles. The number of rotatable bonds is 5. The van der Waals surface area contributed by atoms with E-state index >= 15 is 0 Å². The van der Waals surface area contributed by atoms with Crippen molar-refractivity contribution in [2.24, 2.45) is 5.16 Å². The Morgan fingerprint density at radius 2 is 1.83 bits per heavy atom. The first kappa shape index (κ1) is 21.2. The van der Waals surface area contributed by atoms with E-state index in [1.807, 2.05) is 0 Å².